The maximum absolute atomic E-state index is 5.96. The lowest BCUT2D eigenvalue weighted by atomic mass is 9.97. The minimum atomic E-state index is 0.265. The van der Waals surface area contributed by atoms with Gasteiger partial charge in [-0.2, -0.15) is 5.21 Å². The fraction of sp³-hybridized carbons (Fsp3) is 0.375. The number of nitrogens with zero attached hydrogens (tertiary/aromatic N) is 5. The molecule has 8 heteroatoms. The molecule has 7 nitrogen and oxygen atoms in total. The van der Waals surface area contributed by atoms with Crippen molar-refractivity contribution < 1.29 is 4.74 Å². The first-order valence-corrected chi connectivity index (χ1v) is 8.35. The van der Waals surface area contributed by atoms with Crippen LogP contribution in [0.25, 0.3) is 0 Å². The van der Waals surface area contributed by atoms with E-state index in [1.165, 1.54) is 23.2 Å². The SMILES string of the molecule is Clc1ccc(Cn2nc(OCc3nn[nH]n3)c3c2CCCC3)cc1. The van der Waals surface area contributed by atoms with Crippen LogP contribution in [0, 0.1) is 0 Å². The van der Waals surface area contributed by atoms with Crippen LogP contribution in [0.2, 0.25) is 5.02 Å². The van der Waals surface area contributed by atoms with Gasteiger partial charge in [0, 0.05) is 16.3 Å². The summed E-state index contributed by atoms with van der Waals surface area (Å²) in [6.07, 6.45) is 4.38. The van der Waals surface area contributed by atoms with E-state index >= 15 is 0 Å². The summed E-state index contributed by atoms with van der Waals surface area (Å²) in [7, 11) is 0. The molecule has 2 aromatic heterocycles. The van der Waals surface area contributed by atoms with Gasteiger partial charge in [-0.1, -0.05) is 28.9 Å². The highest BCUT2D eigenvalue weighted by Crippen LogP contribution is 2.30. The summed E-state index contributed by atoms with van der Waals surface area (Å²) < 4.78 is 7.89. The Labute approximate surface area is 144 Å². The van der Waals surface area contributed by atoms with E-state index in [1.54, 1.807) is 0 Å². The quantitative estimate of drug-likeness (QED) is 0.769. The molecule has 0 bridgehead atoms. The number of H-pyrrole nitrogens is 1. The van der Waals surface area contributed by atoms with Gasteiger partial charge in [-0.25, -0.2) is 0 Å². The lowest BCUT2D eigenvalue weighted by molar-refractivity contribution is 0.278. The molecule has 0 unspecified atom stereocenters. The molecule has 124 valence electrons. The van der Waals surface area contributed by atoms with Crippen molar-refractivity contribution in [3.8, 4) is 5.88 Å². The molecule has 0 atom stereocenters. The summed E-state index contributed by atoms with van der Waals surface area (Å²) in [6, 6.07) is 7.86. The molecule has 0 fully saturated rings. The Kier molecular flexibility index (Phi) is 4.17. The number of hydrogen-bond donors (Lipinski definition) is 1. The van der Waals surface area contributed by atoms with Crippen molar-refractivity contribution in [2.45, 2.75) is 38.8 Å². The molecule has 0 saturated heterocycles. The van der Waals surface area contributed by atoms with E-state index in [0.717, 1.165) is 24.3 Å². The summed E-state index contributed by atoms with van der Waals surface area (Å²) in [4.78, 5) is 0. The Balaban J connectivity index is 1.58. The van der Waals surface area contributed by atoms with Crippen molar-refractivity contribution in [3.05, 3.63) is 51.9 Å². The van der Waals surface area contributed by atoms with Gasteiger partial charge in [0.2, 0.25) is 11.7 Å². The first-order chi connectivity index (χ1) is 11.8. The van der Waals surface area contributed by atoms with Crippen molar-refractivity contribution in [3.63, 3.8) is 0 Å². The molecule has 1 aromatic carbocycles. The van der Waals surface area contributed by atoms with Gasteiger partial charge < -0.3 is 4.74 Å². The van der Waals surface area contributed by atoms with Crippen molar-refractivity contribution in [1.29, 1.82) is 0 Å². The first-order valence-electron chi connectivity index (χ1n) is 7.98. The number of tetrazole rings is 1. The molecular weight excluding hydrogens is 328 g/mol. The number of hydrogen-bond acceptors (Lipinski definition) is 5. The summed E-state index contributed by atoms with van der Waals surface area (Å²) in [6.45, 7) is 0.978. The van der Waals surface area contributed by atoms with E-state index in [2.05, 4.69) is 25.7 Å². The van der Waals surface area contributed by atoms with Crippen molar-refractivity contribution >= 4 is 11.6 Å². The number of rotatable bonds is 5. The number of aromatic amines is 1. The van der Waals surface area contributed by atoms with Gasteiger partial charge in [-0.3, -0.25) is 4.68 Å². The number of halogens is 1. The van der Waals surface area contributed by atoms with E-state index in [0.29, 0.717) is 18.2 Å². The third-order valence-corrected chi connectivity index (χ3v) is 4.44. The molecule has 0 spiro atoms. The molecule has 2 heterocycles. The minimum absolute atomic E-state index is 0.265. The number of ether oxygens (including phenoxy) is 1. The molecule has 3 aromatic rings. The molecule has 0 aliphatic heterocycles. The Hall–Kier alpha value is -2.41. The third kappa shape index (κ3) is 3.12. The molecule has 24 heavy (non-hydrogen) atoms. The van der Waals surface area contributed by atoms with Crippen molar-refractivity contribution in [1.82, 2.24) is 30.4 Å². The van der Waals surface area contributed by atoms with Crippen LogP contribution in [0.4, 0.5) is 0 Å². The van der Waals surface area contributed by atoms with Crippen LogP contribution in [0.1, 0.15) is 35.5 Å². The number of aromatic nitrogens is 6. The minimum Gasteiger partial charge on any atom is -0.468 e. The molecule has 1 aliphatic carbocycles. The predicted octanol–water partition coefficient (Wildman–Crippen LogP) is 2.56. The van der Waals surface area contributed by atoms with Gasteiger partial charge in [-0.05, 0) is 43.4 Å². The summed E-state index contributed by atoms with van der Waals surface area (Å²) in [5, 5.41) is 19.2. The number of nitrogens with one attached hydrogen (secondary N) is 1. The lowest BCUT2D eigenvalue weighted by Gasteiger charge is -2.14. The van der Waals surface area contributed by atoms with E-state index < -0.39 is 0 Å². The summed E-state index contributed by atoms with van der Waals surface area (Å²) >= 11 is 5.96. The first kappa shape index (κ1) is 15.1. The highest BCUT2D eigenvalue weighted by molar-refractivity contribution is 6.30. The maximum Gasteiger partial charge on any atom is 0.236 e. The largest absolute Gasteiger partial charge is 0.468 e. The fourth-order valence-corrected chi connectivity index (χ4v) is 3.15. The van der Waals surface area contributed by atoms with Gasteiger partial charge >= 0.3 is 0 Å². The summed E-state index contributed by atoms with van der Waals surface area (Å²) in [5.74, 6) is 1.20. The number of fused-ring (bicyclic) bond motifs is 1. The lowest BCUT2D eigenvalue weighted by Crippen LogP contribution is -2.10. The smallest absolute Gasteiger partial charge is 0.236 e. The second-order valence-electron chi connectivity index (χ2n) is 5.84. The molecule has 0 radical (unpaired) electrons. The molecule has 1 N–H and O–H groups in total. The zero-order valence-corrected chi connectivity index (χ0v) is 13.8. The Morgan fingerprint density at radius 1 is 1.17 bits per heavy atom. The molecule has 4 rings (SSSR count). The van der Waals surface area contributed by atoms with Gasteiger partial charge in [0.05, 0.1) is 6.54 Å². The van der Waals surface area contributed by atoms with Crippen LogP contribution in [0.3, 0.4) is 0 Å². The highest BCUT2D eigenvalue weighted by Gasteiger charge is 2.22. The van der Waals surface area contributed by atoms with Gasteiger partial charge in [0.15, 0.2) is 6.61 Å². The van der Waals surface area contributed by atoms with Crippen LogP contribution in [0.15, 0.2) is 24.3 Å². The molecular formula is C16H17ClN6O. The van der Waals surface area contributed by atoms with Crippen LogP contribution < -0.4 is 4.74 Å². The second kappa shape index (κ2) is 6.60. The second-order valence-corrected chi connectivity index (χ2v) is 6.27. The maximum atomic E-state index is 5.96. The fourth-order valence-electron chi connectivity index (χ4n) is 3.02. The Bertz CT molecular complexity index is 812. The van der Waals surface area contributed by atoms with Crippen molar-refractivity contribution in [2.75, 3.05) is 0 Å². The molecule has 0 saturated carbocycles. The van der Waals surface area contributed by atoms with Gasteiger partial charge in [0.25, 0.3) is 0 Å². The van der Waals surface area contributed by atoms with Gasteiger partial charge in [-0.15, -0.1) is 15.3 Å². The van der Waals surface area contributed by atoms with E-state index in [1.807, 2.05) is 28.9 Å². The van der Waals surface area contributed by atoms with Crippen LogP contribution in [0.5, 0.6) is 5.88 Å². The molecule has 1 aliphatic rings. The zero-order valence-electron chi connectivity index (χ0n) is 13.1. The normalized spacial score (nSPS) is 13.7. The average molecular weight is 345 g/mol. The summed E-state index contributed by atoms with van der Waals surface area (Å²) in [5.41, 5.74) is 3.64. The topological polar surface area (TPSA) is 81.5 Å². The van der Waals surface area contributed by atoms with Crippen LogP contribution >= 0.6 is 11.6 Å². The standard InChI is InChI=1S/C16H17ClN6O/c17-12-7-5-11(6-8-12)9-23-14-4-2-1-3-13(14)16(20-23)24-10-15-18-21-22-19-15/h5-8H,1-4,9-10H2,(H,18,19,21,22). The van der Waals surface area contributed by atoms with Crippen molar-refractivity contribution in [2.24, 2.45) is 0 Å². The monoisotopic (exact) mass is 344 g/mol. The highest BCUT2D eigenvalue weighted by atomic mass is 35.5. The van der Waals surface area contributed by atoms with E-state index in [-0.39, 0.29) is 6.61 Å². The zero-order chi connectivity index (χ0) is 16.4. The Morgan fingerprint density at radius 2 is 2.00 bits per heavy atom. The van der Waals surface area contributed by atoms with Gasteiger partial charge in [0.1, 0.15) is 0 Å². The average Bonchev–Trinajstić information content (AvgIpc) is 3.24. The number of benzene rings is 1. The van der Waals surface area contributed by atoms with Crippen LogP contribution in [-0.4, -0.2) is 30.4 Å². The molecule has 0 amide bonds. The third-order valence-electron chi connectivity index (χ3n) is 4.19. The van der Waals surface area contributed by atoms with Crippen LogP contribution in [-0.2, 0) is 26.0 Å². The Morgan fingerprint density at radius 3 is 2.79 bits per heavy atom. The predicted molar refractivity (Wildman–Crippen MR) is 87.9 cm³/mol. The van der Waals surface area contributed by atoms with E-state index in [4.69, 9.17) is 16.3 Å². The van der Waals surface area contributed by atoms with E-state index in [9.17, 15) is 0 Å².